The largest absolute Gasteiger partial charge is 0.493 e. The molecule has 4 N–H and O–H groups in total. The first-order chi connectivity index (χ1) is 13.9. The molecule has 2 aromatic rings. The minimum atomic E-state index is -0.874. The molecule has 29 heavy (non-hydrogen) atoms. The molecule has 3 rings (SSSR count). The number of primary amides is 1. The van der Waals surface area contributed by atoms with E-state index in [0.717, 1.165) is 42.1 Å². The van der Waals surface area contributed by atoms with Crippen LogP contribution < -0.4 is 15.4 Å². The summed E-state index contributed by atoms with van der Waals surface area (Å²) < 4.78 is 33.6. The fourth-order valence-corrected chi connectivity index (χ4v) is 4.64. The first kappa shape index (κ1) is 21.4. The summed E-state index contributed by atoms with van der Waals surface area (Å²) in [4.78, 5) is 11.8. The summed E-state index contributed by atoms with van der Waals surface area (Å²) in [6.45, 7) is 1.09. The molecule has 0 bridgehead atoms. The molecule has 0 saturated carbocycles. The predicted octanol–water partition coefficient (Wildman–Crippen LogP) is 2.75. The first-order valence-electron chi connectivity index (χ1n) is 9.44. The number of benzene rings is 2. The summed E-state index contributed by atoms with van der Waals surface area (Å²) in [6.07, 6.45) is 1.51. The molecule has 8 heteroatoms. The van der Waals surface area contributed by atoms with E-state index in [1.54, 1.807) is 5.32 Å². The van der Waals surface area contributed by atoms with E-state index in [1.165, 1.54) is 0 Å². The second-order valence-corrected chi connectivity index (χ2v) is 8.20. The van der Waals surface area contributed by atoms with Crippen LogP contribution in [0.25, 0.3) is 0 Å². The second kappa shape index (κ2) is 9.47. The minimum Gasteiger partial charge on any atom is -0.493 e. The number of hydrogen-bond acceptors (Lipinski definition) is 5. The quantitative estimate of drug-likeness (QED) is 0.279. The van der Waals surface area contributed by atoms with Crippen LogP contribution >= 0.6 is 11.8 Å². The lowest BCUT2D eigenvalue weighted by molar-refractivity contribution is -0.630. The van der Waals surface area contributed by atoms with E-state index >= 15 is 0 Å². The number of nitrogens with two attached hydrogens (primary N) is 1. The van der Waals surface area contributed by atoms with E-state index in [4.69, 9.17) is 10.1 Å². The van der Waals surface area contributed by atoms with Gasteiger partial charge < -0.3 is 10.1 Å². The number of halogens is 2. The van der Waals surface area contributed by atoms with Gasteiger partial charge in [0.2, 0.25) is 0 Å². The molecule has 0 spiro atoms. The molecule has 2 aromatic carbocycles. The van der Waals surface area contributed by atoms with E-state index in [0.29, 0.717) is 31.6 Å². The van der Waals surface area contributed by atoms with Crippen molar-refractivity contribution < 1.29 is 23.6 Å². The lowest BCUT2D eigenvalue weighted by Crippen LogP contribution is -2.97. The molecule has 0 radical (unpaired) electrons. The van der Waals surface area contributed by atoms with E-state index in [2.05, 4.69) is 5.32 Å². The number of fused-ring (bicyclic) bond motifs is 1. The van der Waals surface area contributed by atoms with Gasteiger partial charge in [-0.15, -0.1) is 0 Å². The summed E-state index contributed by atoms with van der Waals surface area (Å²) in [7, 11) is 1.83. The molecule has 1 atom stereocenters. The molecule has 1 unspecified atom stereocenters. The zero-order valence-electron chi connectivity index (χ0n) is 16.1. The van der Waals surface area contributed by atoms with Crippen molar-refractivity contribution in [1.82, 2.24) is 5.32 Å². The van der Waals surface area contributed by atoms with Crippen LogP contribution in [0.1, 0.15) is 30.4 Å². The molecular weight excluding hydrogens is 396 g/mol. The Morgan fingerprint density at radius 3 is 2.90 bits per heavy atom. The van der Waals surface area contributed by atoms with Crippen molar-refractivity contribution in [2.24, 2.45) is 0 Å². The lowest BCUT2D eigenvalue weighted by atomic mass is 9.99. The molecule has 1 aliphatic rings. The van der Waals surface area contributed by atoms with Crippen molar-refractivity contribution in [2.45, 2.75) is 24.1 Å². The highest BCUT2D eigenvalue weighted by Crippen LogP contribution is 2.43. The van der Waals surface area contributed by atoms with Crippen molar-refractivity contribution in [3.05, 3.63) is 65.2 Å². The summed E-state index contributed by atoms with van der Waals surface area (Å²) in [5.74, 6) is -0.685. The van der Waals surface area contributed by atoms with Gasteiger partial charge in [-0.25, -0.2) is 13.6 Å². The van der Waals surface area contributed by atoms with Crippen LogP contribution in [0.15, 0.2) is 42.5 Å². The van der Waals surface area contributed by atoms with Gasteiger partial charge in [-0.1, -0.05) is 12.1 Å². The Labute approximate surface area is 172 Å². The molecule has 1 aliphatic heterocycles. The van der Waals surface area contributed by atoms with Crippen molar-refractivity contribution in [3.8, 4) is 5.75 Å². The third-order valence-electron chi connectivity index (χ3n) is 4.78. The molecule has 0 fully saturated rings. The Kier molecular flexibility index (Phi) is 7.00. The van der Waals surface area contributed by atoms with Gasteiger partial charge in [0.05, 0.1) is 25.0 Å². The molecular formula is C21H24F2N3O2S+. The molecule has 5 nitrogen and oxygen atoms in total. The smallest absolute Gasteiger partial charge is 0.311 e. The summed E-state index contributed by atoms with van der Waals surface area (Å²) in [5.41, 5.74) is 0.647. The summed E-state index contributed by atoms with van der Waals surface area (Å²) in [6, 6.07) is 10.4. The van der Waals surface area contributed by atoms with Gasteiger partial charge in [-0.2, -0.15) is 0 Å². The maximum absolute atomic E-state index is 14.2. The van der Waals surface area contributed by atoms with Crippen molar-refractivity contribution in [2.75, 3.05) is 20.2 Å². The van der Waals surface area contributed by atoms with Crippen LogP contribution in [-0.4, -0.2) is 31.2 Å². The summed E-state index contributed by atoms with van der Waals surface area (Å²) >= 11 is 1.06. The topological polar surface area (TPSA) is 78.8 Å². The lowest BCUT2D eigenvalue weighted by Gasteiger charge is -2.35. The number of ether oxygens (including phenoxy) is 1. The van der Waals surface area contributed by atoms with E-state index in [1.807, 2.05) is 31.3 Å². The van der Waals surface area contributed by atoms with Crippen molar-refractivity contribution in [3.63, 3.8) is 0 Å². The molecule has 0 saturated heterocycles. The average molecular weight is 421 g/mol. The Morgan fingerprint density at radius 2 is 2.10 bits per heavy atom. The van der Waals surface area contributed by atoms with Crippen LogP contribution in [0.5, 0.6) is 5.75 Å². The third kappa shape index (κ3) is 5.01. The minimum absolute atomic E-state index is 0.0445. The van der Waals surface area contributed by atoms with Crippen LogP contribution in [0, 0.1) is 17.0 Å². The Hall–Kier alpha value is -2.29. The van der Waals surface area contributed by atoms with Gasteiger partial charge in [0.1, 0.15) is 22.4 Å². The van der Waals surface area contributed by atoms with Crippen LogP contribution in [0.3, 0.4) is 0 Å². The number of carbonyl (C=O) groups excluding carboxylic acids is 1. The van der Waals surface area contributed by atoms with E-state index < -0.39 is 16.5 Å². The molecule has 154 valence electrons. The fraction of sp³-hybridized carbons (Fsp3) is 0.333. The number of nitrogens with one attached hydrogen (secondary N) is 2. The zero-order chi connectivity index (χ0) is 20.9. The first-order valence-corrected chi connectivity index (χ1v) is 10.3. The number of rotatable bonds is 7. The Morgan fingerprint density at radius 1 is 1.31 bits per heavy atom. The second-order valence-electron chi connectivity index (χ2n) is 6.86. The van der Waals surface area contributed by atoms with Crippen LogP contribution in [-0.2, 0) is 9.67 Å². The van der Waals surface area contributed by atoms with Gasteiger partial charge in [0.15, 0.2) is 4.87 Å². The molecule has 0 aliphatic carbocycles. The molecule has 0 aromatic heterocycles. The third-order valence-corrected chi connectivity index (χ3v) is 6.11. The van der Waals surface area contributed by atoms with Gasteiger partial charge in [-0.3, -0.25) is 10.7 Å². The SMILES string of the molecule is CNCCCC(=O)[NH2+]C1(SC(=N)c2cc(F)ccc2F)CCOc2ccccc21. The highest BCUT2D eigenvalue weighted by Gasteiger charge is 2.45. The fourth-order valence-electron chi connectivity index (χ4n) is 3.36. The van der Waals surface area contributed by atoms with Crippen molar-refractivity contribution in [1.29, 1.82) is 5.41 Å². The Balaban J connectivity index is 1.93. The average Bonchev–Trinajstić information content (AvgIpc) is 2.70. The molecule has 1 amide bonds. The van der Waals surface area contributed by atoms with Crippen molar-refractivity contribution >= 4 is 22.7 Å². The number of thioether (sulfide) groups is 1. The van der Waals surface area contributed by atoms with Gasteiger partial charge >= 0.3 is 5.91 Å². The number of quaternary nitrogens is 1. The maximum Gasteiger partial charge on any atom is 0.311 e. The van der Waals surface area contributed by atoms with Gasteiger partial charge in [0, 0.05) is 5.56 Å². The number of amides is 1. The maximum atomic E-state index is 14.2. The Bertz CT molecular complexity index is 909. The highest BCUT2D eigenvalue weighted by atomic mass is 32.2. The van der Waals surface area contributed by atoms with E-state index in [9.17, 15) is 13.6 Å². The van der Waals surface area contributed by atoms with Gasteiger partial charge in [-0.05, 0) is 62.1 Å². The summed E-state index contributed by atoms with van der Waals surface area (Å²) in [5, 5.41) is 13.0. The normalized spacial score (nSPS) is 18.0. The van der Waals surface area contributed by atoms with Gasteiger partial charge in [0.25, 0.3) is 0 Å². The van der Waals surface area contributed by atoms with Crippen LogP contribution in [0.2, 0.25) is 0 Å². The highest BCUT2D eigenvalue weighted by molar-refractivity contribution is 8.14. The standard InChI is InChI=1S/C21H23F2N3O2S/c1-25-11-4-7-19(27)26-21(10-12-28-18-6-3-2-5-16(18)21)29-20(24)15-13-14(22)8-9-17(15)23/h2-3,5-6,8-9,13,24-25H,4,7,10-12H2,1H3,(H,26,27)/p+1. The monoisotopic (exact) mass is 420 g/mol. The number of carbonyl (C=O) groups is 1. The van der Waals surface area contributed by atoms with E-state index in [-0.39, 0.29) is 16.5 Å². The predicted molar refractivity (Wildman–Crippen MR) is 109 cm³/mol. The van der Waals surface area contributed by atoms with Crippen LogP contribution in [0.4, 0.5) is 8.78 Å². The number of para-hydroxylation sites is 1. The zero-order valence-corrected chi connectivity index (χ0v) is 17.0. The number of hydrogen-bond donors (Lipinski definition) is 3. The molecule has 1 heterocycles.